The summed E-state index contributed by atoms with van der Waals surface area (Å²) in [6.45, 7) is 9.17. The smallest absolute Gasteiger partial charge is 0.258 e. The fourth-order valence-electron chi connectivity index (χ4n) is 5.21. The standard InChI is InChI=1S/C36H49NO3/c1-4-5-17-26-37-34-20-16-15-19-31(34)28-33(36(37)39)30-22-24-32(25-23-30)40-27-18-13-11-9-7-6-8-10-12-14-21-35(38)29(2)3/h15-16,19-20,22-25,28H,2,4-14,17-18,21,26-27H2,1,3H3. The number of carbonyl (C=O) groups excluding carboxylic acids is 1. The third-order valence-electron chi connectivity index (χ3n) is 7.70. The lowest BCUT2D eigenvalue weighted by Gasteiger charge is -2.13. The van der Waals surface area contributed by atoms with E-state index < -0.39 is 0 Å². The Morgan fingerprint density at radius 3 is 2.08 bits per heavy atom. The molecule has 216 valence electrons. The van der Waals surface area contributed by atoms with E-state index in [0.29, 0.717) is 12.0 Å². The first-order valence-electron chi connectivity index (χ1n) is 15.6. The lowest BCUT2D eigenvalue weighted by molar-refractivity contribution is -0.115. The summed E-state index contributed by atoms with van der Waals surface area (Å²) in [5.74, 6) is 1.07. The minimum atomic E-state index is 0.0820. The molecule has 0 N–H and O–H groups in total. The van der Waals surface area contributed by atoms with Gasteiger partial charge < -0.3 is 9.30 Å². The fourth-order valence-corrected chi connectivity index (χ4v) is 5.21. The number of ether oxygens (including phenoxy) is 1. The van der Waals surface area contributed by atoms with E-state index >= 15 is 0 Å². The van der Waals surface area contributed by atoms with Gasteiger partial charge in [-0.2, -0.15) is 0 Å². The van der Waals surface area contributed by atoms with Crippen molar-refractivity contribution in [2.24, 2.45) is 0 Å². The van der Waals surface area contributed by atoms with Gasteiger partial charge in [-0.15, -0.1) is 0 Å². The number of aromatic nitrogens is 1. The first-order chi connectivity index (χ1) is 19.5. The lowest BCUT2D eigenvalue weighted by atomic mass is 10.0. The van der Waals surface area contributed by atoms with Gasteiger partial charge in [-0.1, -0.05) is 108 Å². The maximum absolute atomic E-state index is 13.4. The molecule has 4 nitrogen and oxygen atoms in total. The first kappa shape index (κ1) is 31.4. The molecule has 0 saturated heterocycles. The molecule has 0 unspecified atom stereocenters. The molecular weight excluding hydrogens is 494 g/mol. The molecule has 0 atom stereocenters. The highest BCUT2D eigenvalue weighted by molar-refractivity contribution is 5.94. The van der Waals surface area contributed by atoms with Crippen molar-refractivity contribution in [1.82, 2.24) is 4.57 Å². The number of aryl methyl sites for hydroxylation is 1. The Kier molecular flexibility index (Phi) is 13.8. The maximum atomic E-state index is 13.4. The maximum Gasteiger partial charge on any atom is 0.258 e. The van der Waals surface area contributed by atoms with Crippen molar-refractivity contribution >= 4 is 16.7 Å². The van der Waals surface area contributed by atoms with Gasteiger partial charge in [0, 0.05) is 18.5 Å². The Labute approximate surface area is 241 Å². The van der Waals surface area contributed by atoms with E-state index in [1.807, 2.05) is 53.1 Å². The van der Waals surface area contributed by atoms with Gasteiger partial charge in [0.1, 0.15) is 5.75 Å². The summed E-state index contributed by atoms with van der Waals surface area (Å²) in [6, 6.07) is 18.2. The number of unbranched alkanes of at least 4 members (excludes halogenated alkanes) is 11. The van der Waals surface area contributed by atoms with Gasteiger partial charge in [-0.3, -0.25) is 9.59 Å². The van der Waals surface area contributed by atoms with E-state index in [4.69, 9.17) is 4.74 Å². The highest BCUT2D eigenvalue weighted by Gasteiger charge is 2.11. The van der Waals surface area contributed by atoms with Gasteiger partial charge in [-0.05, 0) is 67.0 Å². The van der Waals surface area contributed by atoms with Crippen LogP contribution in [0.4, 0.5) is 0 Å². The van der Waals surface area contributed by atoms with Crippen LogP contribution >= 0.6 is 0 Å². The largest absolute Gasteiger partial charge is 0.494 e. The van der Waals surface area contributed by atoms with Crippen molar-refractivity contribution in [2.45, 2.75) is 110 Å². The molecule has 2 aromatic carbocycles. The van der Waals surface area contributed by atoms with Gasteiger partial charge in [0.2, 0.25) is 0 Å². The van der Waals surface area contributed by atoms with E-state index in [1.54, 1.807) is 6.92 Å². The molecule has 0 saturated carbocycles. The van der Waals surface area contributed by atoms with Crippen LogP contribution in [0.3, 0.4) is 0 Å². The number of Topliss-reactive ketones (excluding diaryl/α,β-unsaturated/α-hetero) is 1. The van der Waals surface area contributed by atoms with Crippen LogP contribution in [0.2, 0.25) is 0 Å². The third kappa shape index (κ3) is 10.1. The van der Waals surface area contributed by atoms with E-state index in [-0.39, 0.29) is 11.3 Å². The number of benzene rings is 2. The minimum Gasteiger partial charge on any atom is -0.494 e. The first-order valence-corrected chi connectivity index (χ1v) is 15.6. The summed E-state index contributed by atoms with van der Waals surface area (Å²) in [4.78, 5) is 25.0. The molecular formula is C36H49NO3. The second-order valence-corrected chi connectivity index (χ2v) is 11.1. The van der Waals surface area contributed by atoms with Crippen molar-refractivity contribution in [3.63, 3.8) is 0 Å². The van der Waals surface area contributed by atoms with E-state index in [0.717, 1.165) is 79.5 Å². The number of carbonyl (C=O) groups is 1. The molecule has 0 aliphatic carbocycles. The monoisotopic (exact) mass is 543 g/mol. The van der Waals surface area contributed by atoms with E-state index in [2.05, 4.69) is 19.6 Å². The topological polar surface area (TPSA) is 48.3 Å². The van der Waals surface area contributed by atoms with Crippen LogP contribution in [0.15, 0.2) is 71.5 Å². The van der Waals surface area contributed by atoms with Crippen LogP contribution in [0.1, 0.15) is 104 Å². The summed E-state index contributed by atoms with van der Waals surface area (Å²) >= 11 is 0. The van der Waals surface area contributed by atoms with Crippen LogP contribution < -0.4 is 10.3 Å². The number of nitrogens with zero attached hydrogens (tertiary/aromatic N) is 1. The van der Waals surface area contributed by atoms with Crippen molar-refractivity contribution in [3.8, 4) is 16.9 Å². The minimum absolute atomic E-state index is 0.0820. The summed E-state index contributed by atoms with van der Waals surface area (Å²) in [5, 5.41) is 1.10. The van der Waals surface area contributed by atoms with Crippen molar-refractivity contribution < 1.29 is 9.53 Å². The van der Waals surface area contributed by atoms with Gasteiger partial charge in [0.25, 0.3) is 5.56 Å². The number of ketones is 1. The summed E-state index contributed by atoms with van der Waals surface area (Å²) < 4.78 is 7.93. The molecule has 0 aliphatic rings. The number of hydrogen-bond donors (Lipinski definition) is 0. The van der Waals surface area contributed by atoms with Crippen LogP contribution in [-0.4, -0.2) is 17.0 Å². The molecule has 4 heteroatoms. The van der Waals surface area contributed by atoms with Gasteiger partial charge in [0.15, 0.2) is 5.78 Å². The summed E-state index contributed by atoms with van der Waals surface area (Å²) in [5.41, 5.74) is 3.46. The predicted octanol–water partition coefficient (Wildman–Crippen LogP) is 9.67. The zero-order valence-corrected chi connectivity index (χ0v) is 24.9. The molecule has 0 amide bonds. The SMILES string of the molecule is C=C(C)C(=O)CCCCCCCCCCCCOc1ccc(-c2cc3ccccc3n(CCCCC)c2=O)cc1. The molecule has 1 aromatic heterocycles. The second kappa shape index (κ2) is 17.5. The number of rotatable bonds is 20. The molecule has 0 spiro atoms. The van der Waals surface area contributed by atoms with Gasteiger partial charge in [0.05, 0.1) is 12.1 Å². The number of allylic oxidation sites excluding steroid dienone is 1. The Hall–Kier alpha value is -3.14. The predicted molar refractivity (Wildman–Crippen MR) is 169 cm³/mol. The highest BCUT2D eigenvalue weighted by atomic mass is 16.5. The number of pyridine rings is 1. The Balaban J connectivity index is 1.35. The van der Waals surface area contributed by atoms with E-state index in [9.17, 15) is 9.59 Å². The molecule has 3 rings (SSSR count). The highest BCUT2D eigenvalue weighted by Crippen LogP contribution is 2.24. The zero-order chi connectivity index (χ0) is 28.6. The van der Waals surface area contributed by atoms with Crippen molar-refractivity contribution in [2.75, 3.05) is 6.61 Å². The molecule has 0 radical (unpaired) electrons. The summed E-state index contributed by atoms with van der Waals surface area (Å²) in [7, 11) is 0. The van der Waals surface area contributed by atoms with Crippen molar-refractivity contribution in [3.05, 3.63) is 77.1 Å². The number of fused-ring (bicyclic) bond motifs is 1. The number of hydrogen-bond acceptors (Lipinski definition) is 3. The fraction of sp³-hybridized carbons (Fsp3) is 0.500. The zero-order valence-electron chi connectivity index (χ0n) is 24.9. The molecule has 40 heavy (non-hydrogen) atoms. The third-order valence-corrected chi connectivity index (χ3v) is 7.70. The Morgan fingerprint density at radius 1 is 0.800 bits per heavy atom. The van der Waals surface area contributed by atoms with Crippen LogP contribution in [0.25, 0.3) is 22.0 Å². The van der Waals surface area contributed by atoms with Crippen molar-refractivity contribution in [1.29, 1.82) is 0 Å². The quantitative estimate of drug-likeness (QED) is 0.105. The van der Waals surface area contributed by atoms with Crippen LogP contribution in [0.5, 0.6) is 5.75 Å². The normalized spacial score (nSPS) is 11.2. The molecule has 1 heterocycles. The molecule has 0 aliphatic heterocycles. The van der Waals surface area contributed by atoms with Crippen LogP contribution in [0, 0.1) is 0 Å². The second-order valence-electron chi connectivity index (χ2n) is 11.1. The lowest BCUT2D eigenvalue weighted by Crippen LogP contribution is -2.22. The molecule has 0 fully saturated rings. The molecule has 3 aromatic rings. The average Bonchev–Trinajstić information content (AvgIpc) is 2.96. The van der Waals surface area contributed by atoms with E-state index in [1.165, 1.54) is 44.9 Å². The summed E-state index contributed by atoms with van der Waals surface area (Å²) in [6.07, 6.45) is 15.9. The van der Waals surface area contributed by atoms with Gasteiger partial charge >= 0.3 is 0 Å². The average molecular weight is 544 g/mol. The number of para-hydroxylation sites is 1. The molecule has 0 bridgehead atoms. The Morgan fingerprint density at radius 2 is 1.43 bits per heavy atom. The Bertz CT molecular complexity index is 1260. The van der Waals surface area contributed by atoms with Crippen LogP contribution in [-0.2, 0) is 11.3 Å². The van der Waals surface area contributed by atoms with Gasteiger partial charge in [-0.25, -0.2) is 0 Å².